The molecule has 1 saturated heterocycles. The number of piperidine rings is 1. The molecule has 1 aromatic carbocycles. The van der Waals surface area contributed by atoms with E-state index in [0.717, 1.165) is 24.1 Å². The monoisotopic (exact) mass is 484 g/mol. The summed E-state index contributed by atoms with van der Waals surface area (Å²) in [5.41, 5.74) is 7.99. The highest BCUT2D eigenvalue weighted by Crippen LogP contribution is 2.36. The van der Waals surface area contributed by atoms with E-state index in [-0.39, 0.29) is 11.6 Å². The van der Waals surface area contributed by atoms with Gasteiger partial charge in [-0.25, -0.2) is 14.4 Å². The van der Waals surface area contributed by atoms with Crippen molar-refractivity contribution in [1.82, 2.24) is 24.1 Å². The molecule has 0 radical (unpaired) electrons. The minimum Gasteiger partial charge on any atom is -0.352 e. The first-order valence-corrected chi connectivity index (χ1v) is 10.9. The maximum Gasteiger partial charge on any atom is 0.408 e. The van der Waals surface area contributed by atoms with E-state index in [2.05, 4.69) is 10.1 Å². The average molecular weight is 484 g/mol. The van der Waals surface area contributed by atoms with Gasteiger partial charge in [0.1, 0.15) is 18.4 Å². The van der Waals surface area contributed by atoms with Crippen LogP contribution in [0.1, 0.15) is 18.4 Å². The zero-order valence-corrected chi connectivity index (χ0v) is 18.4. The van der Waals surface area contributed by atoms with Crippen LogP contribution in [0.15, 0.2) is 43.0 Å². The van der Waals surface area contributed by atoms with Crippen molar-refractivity contribution in [3.05, 3.63) is 54.4 Å². The number of hydrogen-bond donors (Lipinski definition) is 1. The molecule has 0 saturated carbocycles. The van der Waals surface area contributed by atoms with Crippen molar-refractivity contribution in [3.63, 3.8) is 0 Å². The second-order valence-corrected chi connectivity index (χ2v) is 8.45. The van der Waals surface area contributed by atoms with Crippen LogP contribution < -0.4 is 10.6 Å². The van der Waals surface area contributed by atoms with Gasteiger partial charge in [-0.2, -0.15) is 23.5 Å². The van der Waals surface area contributed by atoms with Crippen LogP contribution in [0.25, 0.3) is 28.2 Å². The molecule has 8 nitrogen and oxygen atoms in total. The number of hydrogen-bond acceptors (Lipinski definition) is 6. The number of nitrogens with two attached hydrogens (primary N) is 1. The SMILES string of the molecule is N#Cc1ccc(-c2nc3c(N4CCCC(N)C4)nccn3c2-c2cnn(CC(F)(F)F)c2)cc1F. The van der Waals surface area contributed by atoms with Crippen molar-refractivity contribution in [1.29, 1.82) is 5.26 Å². The highest BCUT2D eigenvalue weighted by Gasteiger charge is 2.29. The number of benzene rings is 1. The topological polar surface area (TPSA) is 101 Å². The summed E-state index contributed by atoms with van der Waals surface area (Å²) >= 11 is 0. The molecule has 0 bridgehead atoms. The van der Waals surface area contributed by atoms with E-state index in [9.17, 15) is 17.6 Å². The Balaban J connectivity index is 1.71. The maximum atomic E-state index is 14.5. The molecule has 12 heteroatoms. The van der Waals surface area contributed by atoms with E-state index in [1.807, 2.05) is 4.90 Å². The lowest BCUT2D eigenvalue weighted by Gasteiger charge is -2.31. The smallest absolute Gasteiger partial charge is 0.352 e. The maximum absolute atomic E-state index is 14.5. The molecule has 1 atom stereocenters. The van der Waals surface area contributed by atoms with E-state index in [1.54, 1.807) is 28.9 Å². The number of aromatic nitrogens is 5. The van der Waals surface area contributed by atoms with Crippen LogP contribution in [0, 0.1) is 17.1 Å². The van der Waals surface area contributed by atoms with Gasteiger partial charge in [0.2, 0.25) is 0 Å². The molecule has 4 aromatic rings. The summed E-state index contributed by atoms with van der Waals surface area (Å²) in [6, 6.07) is 5.84. The predicted octanol–water partition coefficient (Wildman–Crippen LogP) is 3.76. The Morgan fingerprint density at radius 3 is 2.77 bits per heavy atom. The lowest BCUT2D eigenvalue weighted by molar-refractivity contribution is -0.142. The minimum absolute atomic E-state index is 0.0204. The summed E-state index contributed by atoms with van der Waals surface area (Å²) in [5.74, 6) is -0.145. The lowest BCUT2D eigenvalue weighted by Crippen LogP contribution is -2.43. The van der Waals surface area contributed by atoms with Crippen LogP contribution in [0.4, 0.5) is 23.4 Å². The van der Waals surface area contributed by atoms with E-state index in [0.29, 0.717) is 40.5 Å². The van der Waals surface area contributed by atoms with Gasteiger partial charge in [0.15, 0.2) is 11.5 Å². The van der Waals surface area contributed by atoms with Crippen LogP contribution in [-0.4, -0.2) is 49.5 Å². The number of fused-ring (bicyclic) bond motifs is 1. The van der Waals surface area contributed by atoms with Gasteiger partial charge in [-0.15, -0.1) is 0 Å². The summed E-state index contributed by atoms with van der Waals surface area (Å²) in [6.07, 6.45) is 3.16. The summed E-state index contributed by atoms with van der Waals surface area (Å²) in [6.45, 7) is 0.0646. The molecular weight excluding hydrogens is 464 g/mol. The van der Waals surface area contributed by atoms with Crippen LogP contribution >= 0.6 is 0 Å². The zero-order valence-electron chi connectivity index (χ0n) is 18.4. The van der Waals surface area contributed by atoms with Gasteiger partial charge in [-0.3, -0.25) is 9.08 Å². The quantitative estimate of drug-likeness (QED) is 0.443. The summed E-state index contributed by atoms with van der Waals surface area (Å²) < 4.78 is 55.8. The number of nitrogens with zero attached hydrogens (tertiary/aromatic N) is 7. The molecule has 5 rings (SSSR count). The Morgan fingerprint density at radius 2 is 2.06 bits per heavy atom. The number of anilines is 1. The molecule has 0 spiro atoms. The molecule has 0 amide bonds. The largest absolute Gasteiger partial charge is 0.408 e. The van der Waals surface area contributed by atoms with Crippen LogP contribution in [0.2, 0.25) is 0 Å². The van der Waals surface area contributed by atoms with Gasteiger partial charge in [0.05, 0.1) is 23.1 Å². The Kier molecular flexibility index (Phi) is 5.64. The first-order valence-electron chi connectivity index (χ1n) is 10.9. The van der Waals surface area contributed by atoms with E-state index >= 15 is 0 Å². The van der Waals surface area contributed by atoms with Crippen molar-refractivity contribution in [2.24, 2.45) is 5.73 Å². The summed E-state index contributed by atoms with van der Waals surface area (Å²) in [7, 11) is 0. The van der Waals surface area contributed by atoms with Gasteiger partial charge >= 0.3 is 6.18 Å². The predicted molar refractivity (Wildman–Crippen MR) is 120 cm³/mol. The first kappa shape index (κ1) is 22.8. The minimum atomic E-state index is -4.44. The van der Waals surface area contributed by atoms with E-state index in [4.69, 9.17) is 16.0 Å². The van der Waals surface area contributed by atoms with E-state index < -0.39 is 18.5 Å². The molecule has 2 N–H and O–H groups in total. The number of rotatable bonds is 4. The average Bonchev–Trinajstić information content (AvgIpc) is 3.41. The van der Waals surface area contributed by atoms with Crippen LogP contribution in [0.3, 0.4) is 0 Å². The van der Waals surface area contributed by atoms with Crippen molar-refractivity contribution in [3.8, 4) is 28.6 Å². The van der Waals surface area contributed by atoms with Crippen LogP contribution in [-0.2, 0) is 6.54 Å². The van der Waals surface area contributed by atoms with Crippen molar-refractivity contribution in [2.45, 2.75) is 31.6 Å². The Hall–Kier alpha value is -3.98. The fourth-order valence-corrected chi connectivity index (χ4v) is 4.38. The van der Waals surface area contributed by atoms with Gasteiger partial charge in [-0.1, -0.05) is 6.07 Å². The van der Waals surface area contributed by atoms with Gasteiger partial charge in [-0.05, 0) is 25.0 Å². The number of nitriles is 1. The molecule has 1 fully saturated rings. The highest BCUT2D eigenvalue weighted by atomic mass is 19.4. The molecule has 3 aromatic heterocycles. The van der Waals surface area contributed by atoms with Crippen molar-refractivity contribution in [2.75, 3.05) is 18.0 Å². The molecule has 0 aliphatic carbocycles. The van der Waals surface area contributed by atoms with Gasteiger partial charge in [0, 0.05) is 48.8 Å². The second kappa shape index (κ2) is 8.66. The normalized spacial score (nSPS) is 16.6. The van der Waals surface area contributed by atoms with Gasteiger partial charge < -0.3 is 10.6 Å². The molecule has 35 heavy (non-hydrogen) atoms. The number of imidazole rings is 1. The third-order valence-electron chi connectivity index (χ3n) is 5.89. The second-order valence-electron chi connectivity index (χ2n) is 8.45. The molecule has 180 valence electrons. The molecule has 1 unspecified atom stereocenters. The molecule has 4 heterocycles. The summed E-state index contributed by atoms with van der Waals surface area (Å²) in [4.78, 5) is 11.3. The van der Waals surface area contributed by atoms with Crippen molar-refractivity contribution < 1.29 is 17.6 Å². The number of halogens is 4. The molecule has 1 aliphatic rings. The lowest BCUT2D eigenvalue weighted by atomic mass is 10.1. The van der Waals surface area contributed by atoms with E-state index in [1.165, 1.54) is 24.5 Å². The zero-order chi connectivity index (χ0) is 24.7. The Morgan fingerprint density at radius 1 is 1.23 bits per heavy atom. The highest BCUT2D eigenvalue weighted by molar-refractivity contribution is 5.84. The summed E-state index contributed by atoms with van der Waals surface area (Å²) in [5, 5.41) is 12.9. The standard InChI is InChI=1S/C23H20F4N8/c24-18-8-14(3-4-15(18)9-28)19-20(16-10-31-34(11-16)13-23(25,26)27)35-7-5-30-21(22(35)32-19)33-6-1-2-17(29)12-33/h3-5,7-8,10-11,17H,1-2,6,12-13,29H2. The molecular formula is C23H20F4N8. The fraction of sp³-hybridized carbons (Fsp3) is 0.304. The Labute approximate surface area is 197 Å². The van der Waals surface area contributed by atoms with Crippen molar-refractivity contribution >= 4 is 11.5 Å². The first-order chi connectivity index (χ1) is 16.7. The Bertz CT molecular complexity index is 1430. The number of alkyl halides is 3. The molecule has 1 aliphatic heterocycles. The third-order valence-corrected chi connectivity index (χ3v) is 5.89. The van der Waals surface area contributed by atoms with Gasteiger partial charge in [0.25, 0.3) is 0 Å². The third kappa shape index (κ3) is 4.42. The fourth-order valence-electron chi connectivity index (χ4n) is 4.38. The van der Waals surface area contributed by atoms with Crippen LogP contribution in [0.5, 0.6) is 0 Å².